The molecular formula is C12H16N2O4. The van der Waals surface area contributed by atoms with Crippen LogP contribution in [0.4, 0.5) is 4.79 Å². The van der Waals surface area contributed by atoms with Gasteiger partial charge in [0.15, 0.2) is 0 Å². The van der Waals surface area contributed by atoms with Gasteiger partial charge in [0, 0.05) is 12.1 Å². The number of imide groups is 1. The fraction of sp³-hybridized carbons (Fsp3) is 0.333. The molecule has 0 aliphatic rings. The van der Waals surface area contributed by atoms with Crippen LogP contribution in [-0.4, -0.2) is 49.3 Å². The SMILES string of the molecule is CN(C)CCOc1cccc(C(=O)NC(=O)O)c1. The molecule has 98 valence electrons. The van der Waals surface area contributed by atoms with Crippen molar-refractivity contribution in [1.82, 2.24) is 10.2 Å². The lowest BCUT2D eigenvalue weighted by Crippen LogP contribution is -2.28. The number of amides is 2. The molecule has 0 heterocycles. The molecule has 18 heavy (non-hydrogen) atoms. The van der Waals surface area contributed by atoms with Crippen LogP contribution in [0.25, 0.3) is 0 Å². The third-order valence-corrected chi connectivity index (χ3v) is 2.12. The van der Waals surface area contributed by atoms with Crippen LogP contribution in [0.15, 0.2) is 24.3 Å². The molecule has 1 rings (SSSR count). The van der Waals surface area contributed by atoms with Crippen molar-refractivity contribution in [2.45, 2.75) is 0 Å². The minimum Gasteiger partial charge on any atom is -0.492 e. The summed E-state index contributed by atoms with van der Waals surface area (Å²) < 4.78 is 5.44. The van der Waals surface area contributed by atoms with Crippen LogP contribution in [-0.2, 0) is 0 Å². The second-order valence-corrected chi connectivity index (χ2v) is 3.94. The predicted molar refractivity (Wildman–Crippen MR) is 66.0 cm³/mol. The normalized spacial score (nSPS) is 10.2. The summed E-state index contributed by atoms with van der Waals surface area (Å²) in [5.74, 6) is -0.129. The number of rotatable bonds is 5. The van der Waals surface area contributed by atoms with Crippen molar-refractivity contribution in [3.8, 4) is 5.75 Å². The van der Waals surface area contributed by atoms with Gasteiger partial charge < -0.3 is 14.7 Å². The van der Waals surface area contributed by atoms with E-state index in [2.05, 4.69) is 0 Å². The summed E-state index contributed by atoms with van der Waals surface area (Å²) in [7, 11) is 3.86. The summed E-state index contributed by atoms with van der Waals surface area (Å²) in [6, 6.07) is 6.39. The molecule has 0 spiro atoms. The van der Waals surface area contributed by atoms with E-state index < -0.39 is 12.0 Å². The number of carbonyl (C=O) groups excluding carboxylic acids is 1. The summed E-state index contributed by atoms with van der Waals surface area (Å²) in [5, 5.41) is 10.2. The third-order valence-electron chi connectivity index (χ3n) is 2.12. The number of nitrogens with zero attached hydrogens (tertiary/aromatic N) is 1. The van der Waals surface area contributed by atoms with Gasteiger partial charge in [-0.1, -0.05) is 6.07 Å². The van der Waals surface area contributed by atoms with Gasteiger partial charge in [0.1, 0.15) is 12.4 Å². The smallest absolute Gasteiger partial charge is 0.411 e. The van der Waals surface area contributed by atoms with Crippen molar-refractivity contribution >= 4 is 12.0 Å². The number of carboxylic acid groups (broad SMARTS) is 1. The van der Waals surface area contributed by atoms with Crippen molar-refractivity contribution < 1.29 is 19.4 Å². The number of nitrogens with one attached hydrogen (secondary N) is 1. The minimum absolute atomic E-state index is 0.250. The van der Waals surface area contributed by atoms with Crippen molar-refractivity contribution in [3.63, 3.8) is 0 Å². The fourth-order valence-corrected chi connectivity index (χ4v) is 1.24. The zero-order valence-electron chi connectivity index (χ0n) is 10.3. The first kappa shape index (κ1) is 14.0. The van der Waals surface area contributed by atoms with Gasteiger partial charge in [-0.05, 0) is 32.3 Å². The molecule has 2 amide bonds. The van der Waals surface area contributed by atoms with E-state index in [1.165, 1.54) is 12.1 Å². The molecule has 0 fully saturated rings. The van der Waals surface area contributed by atoms with Gasteiger partial charge in [0.25, 0.3) is 5.91 Å². The largest absolute Gasteiger partial charge is 0.492 e. The number of hydrogen-bond acceptors (Lipinski definition) is 4. The van der Waals surface area contributed by atoms with Crippen LogP contribution in [0.3, 0.4) is 0 Å². The highest BCUT2D eigenvalue weighted by molar-refractivity contribution is 6.02. The molecule has 2 N–H and O–H groups in total. The van der Waals surface area contributed by atoms with E-state index in [0.717, 1.165) is 6.54 Å². The Bertz CT molecular complexity index is 432. The van der Waals surface area contributed by atoms with Crippen molar-refractivity contribution in [3.05, 3.63) is 29.8 Å². The van der Waals surface area contributed by atoms with Gasteiger partial charge in [-0.15, -0.1) is 0 Å². The monoisotopic (exact) mass is 252 g/mol. The molecule has 0 atom stereocenters. The molecule has 1 aromatic rings. The molecule has 0 radical (unpaired) electrons. The predicted octanol–water partition coefficient (Wildman–Crippen LogP) is 1.03. The van der Waals surface area contributed by atoms with Crippen LogP contribution < -0.4 is 10.1 Å². The van der Waals surface area contributed by atoms with Gasteiger partial charge in [-0.2, -0.15) is 0 Å². The molecule has 0 unspecified atom stereocenters. The first-order chi connectivity index (χ1) is 8.49. The second-order valence-electron chi connectivity index (χ2n) is 3.94. The highest BCUT2D eigenvalue weighted by atomic mass is 16.5. The Labute approximate surface area is 105 Å². The number of likely N-dealkylation sites (N-methyl/N-ethyl adjacent to an activating group) is 1. The molecule has 0 aliphatic heterocycles. The van der Waals surface area contributed by atoms with Gasteiger partial charge >= 0.3 is 6.09 Å². The Hall–Kier alpha value is -2.08. The Morgan fingerprint density at radius 3 is 2.72 bits per heavy atom. The third kappa shape index (κ3) is 4.84. The number of hydrogen-bond donors (Lipinski definition) is 2. The summed E-state index contributed by atoms with van der Waals surface area (Å²) in [5.41, 5.74) is 0.250. The molecule has 6 heteroatoms. The molecule has 0 bridgehead atoms. The maximum absolute atomic E-state index is 11.4. The van der Waals surface area contributed by atoms with Crippen LogP contribution in [0.5, 0.6) is 5.75 Å². The van der Waals surface area contributed by atoms with Crippen LogP contribution in [0.1, 0.15) is 10.4 Å². The molecule has 0 aromatic heterocycles. The van der Waals surface area contributed by atoms with Crippen LogP contribution in [0.2, 0.25) is 0 Å². The van der Waals surface area contributed by atoms with E-state index in [4.69, 9.17) is 9.84 Å². The number of ether oxygens (including phenoxy) is 1. The lowest BCUT2D eigenvalue weighted by molar-refractivity contribution is 0.0947. The molecule has 0 saturated heterocycles. The van der Waals surface area contributed by atoms with Gasteiger partial charge in [0.05, 0.1) is 0 Å². The minimum atomic E-state index is -1.38. The highest BCUT2D eigenvalue weighted by Gasteiger charge is 2.09. The number of carbonyl (C=O) groups is 2. The first-order valence-corrected chi connectivity index (χ1v) is 5.41. The van der Waals surface area contributed by atoms with Crippen molar-refractivity contribution in [2.24, 2.45) is 0 Å². The van der Waals surface area contributed by atoms with Crippen molar-refractivity contribution in [1.29, 1.82) is 0 Å². The Morgan fingerprint density at radius 1 is 1.39 bits per heavy atom. The Balaban J connectivity index is 2.61. The zero-order valence-corrected chi connectivity index (χ0v) is 10.3. The maximum Gasteiger partial charge on any atom is 0.411 e. The number of benzene rings is 1. The lowest BCUT2D eigenvalue weighted by Gasteiger charge is -2.11. The van der Waals surface area contributed by atoms with E-state index in [9.17, 15) is 9.59 Å². The van der Waals surface area contributed by atoms with E-state index in [1.54, 1.807) is 17.4 Å². The molecular weight excluding hydrogens is 236 g/mol. The quantitative estimate of drug-likeness (QED) is 0.818. The maximum atomic E-state index is 11.4. The fourth-order valence-electron chi connectivity index (χ4n) is 1.24. The molecule has 0 saturated carbocycles. The van der Waals surface area contributed by atoms with Gasteiger partial charge in [-0.25, -0.2) is 4.79 Å². The average Bonchev–Trinajstić information content (AvgIpc) is 2.28. The highest BCUT2D eigenvalue weighted by Crippen LogP contribution is 2.13. The van der Waals surface area contributed by atoms with Crippen LogP contribution >= 0.6 is 0 Å². The van der Waals surface area contributed by atoms with E-state index in [1.807, 2.05) is 19.0 Å². The van der Waals surface area contributed by atoms with Gasteiger partial charge in [0.2, 0.25) is 0 Å². The standard InChI is InChI=1S/C12H16N2O4/c1-14(2)6-7-18-10-5-3-4-9(8-10)11(15)13-12(16)17/h3-5,8H,6-7H2,1-2H3,(H,13,15)(H,16,17). The summed E-state index contributed by atoms with van der Waals surface area (Å²) in [6.07, 6.45) is -1.38. The zero-order chi connectivity index (χ0) is 13.5. The van der Waals surface area contributed by atoms with E-state index in [0.29, 0.717) is 12.4 Å². The average molecular weight is 252 g/mol. The van der Waals surface area contributed by atoms with Gasteiger partial charge in [-0.3, -0.25) is 10.1 Å². The summed E-state index contributed by atoms with van der Waals surface area (Å²) in [6.45, 7) is 1.25. The molecule has 6 nitrogen and oxygen atoms in total. The Morgan fingerprint density at radius 2 is 2.11 bits per heavy atom. The van der Waals surface area contributed by atoms with Crippen LogP contribution in [0, 0.1) is 0 Å². The van der Waals surface area contributed by atoms with E-state index >= 15 is 0 Å². The molecule has 1 aromatic carbocycles. The topological polar surface area (TPSA) is 78.9 Å². The Kier molecular flexibility index (Phi) is 5.13. The summed E-state index contributed by atoms with van der Waals surface area (Å²) in [4.78, 5) is 23.8. The first-order valence-electron chi connectivity index (χ1n) is 5.41. The molecule has 0 aliphatic carbocycles. The van der Waals surface area contributed by atoms with Crippen molar-refractivity contribution in [2.75, 3.05) is 27.2 Å². The lowest BCUT2D eigenvalue weighted by atomic mass is 10.2. The van der Waals surface area contributed by atoms with E-state index in [-0.39, 0.29) is 5.56 Å². The summed E-state index contributed by atoms with van der Waals surface area (Å²) >= 11 is 0. The second kappa shape index (κ2) is 6.61.